The molecule has 2 N–H and O–H groups in total. The zero-order valence-corrected chi connectivity index (χ0v) is 14.4. The summed E-state index contributed by atoms with van der Waals surface area (Å²) in [5, 5.41) is 23.3. The van der Waals surface area contributed by atoms with Crippen LogP contribution in [0.3, 0.4) is 0 Å². The van der Waals surface area contributed by atoms with E-state index in [1.165, 1.54) is 12.1 Å². The summed E-state index contributed by atoms with van der Waals surface area (Å²) in [6.45, 7) is 0.468. The molecule has 1 saturated heterocycles. The second kappa shape index (κ2) is 7.57. The molecule has 0 radical (unpaired) electrons. The van der Waals surface area contributed by atoms with E-state index in [1.807, 2.05) is 13.1 Å². The molecule has 1 amide bonds. The lowest BCUT2D eigenvalue weighted by molar-refractivity contribution is -0.130. The van der Waals surface area contributed by atoms with Crippen molar-refractivity contribution in [2.24, 2.45) is 7.05 Å². The van der Waals surface area contributed by atoms with Gasteiger partial charge in [0.1, 0.15) is 18.0 Å². The Morgan fingerprint density at radius 3 is 2.81 bits per heavy atom. The van der Waals surface area contributed by atoms with E-state index in [1.54, 1.807) is 27.9 Å². The molecule has 2 atom stereocenters. The van der Waals surface area contributed by atoms with Gasteiger partial charge in [0.2, 0.25) is 5.91 Å². The Hall–Kier alpha value is -2.87. The molecule has 0 bridgehead atoms. The summed E-state index contributed by atoms with van der Waals surface area (Å²) in [7, 11) is 1.83. The van der Waals surface area contributed by atoms with Crippen LogP contribution in [-0.2, 0) is 18.3 Å². The highest BCUT2D eigenvalue weighted by atomic mass is 16.5. The van der Waals surface area contributed by atoms with Crippen molar-refractivity contribution in [3.63, 3.8) is 0 Å². The third-order valence-corrected chi connectivity index (χ3v) is 4.48. The van der Waals surface area contributed by atoms with Crippen LogP contribution in [0.1, 0.15) is 22.5 Å². The number of benzene rings is 1. The van der Waals surface area contributed by atoms with Crippen molar-refractivity contribution in [3.8, 4) is 5.75 Å². The van der Waals surface area contributed by atoms with Gasteiger partial charge < -0.3 is 19.8 Å². The molecule has 1 aromatic heterocycles. The number of hydrogen-bond donors (Lipinski definition) is 2. The second-order valence-electron chi connectivity index (χ2n) is 6.30. The molecule has 8 heteroatoms. The number of amides is 1. The number of aromatic carboxylic acids is 1. The van der Waals surface area contributed by atoms with Gasteiger partial charge in [0.15, 0.2) is 0 Å². The number of carbonyl (C=O) groups excluding carboxylic acids is 1. The summed E-state index contributed by atoms with van der Waals surface area (Å²) in [5.41, 5.74) is 1.08. The highest BCUT2D eigenvalue weighted by Gasteiger charge is 2.35. The van der Waals surface area contributed by atoms with Crippen molar-refractivity contribution >= 4 is 11.9 Å². The fourth-order valence-corrected chi connectivity index (χ4v) is 2.99. The number of likely N-dealkylation sites (tertiary alicyclic amines) is 1. The quantitative estimate of drug-likeness (QED) is 0.787. The summed E-state index contributed by atoms with van der Waals surface area (Å²) in [6.07, 6.45) is 1.19. The maximum atomic E-state index is 12.4. The first kappa shape index (κ1) is 17.9. The molecule has 8 nitrogen and oxygen atoms in total. The molecule has 138 valence electrons. The number of nitrogens with zero attached hydrogens (tertiary/aromatic N) is 3. The SMILES string of the molecule is Cn1nccc1CCC(=O)N1C[C@@H](O)[C@H](Oc2cccc(C(=O)O)c2)C1. The summed E-state index contributed by atoms with van der Waals surface area (Å²) >= 11 is 0. The molecule has 0 unspecified atom stereocenters. The Bertz CT molecular complexity index is 804. The molecule has 1 aromatic carbocycles. The third kappa shape index (κ3) is 4.02. The molecule has 0 saturated carbocycles. The van der Waals surface area contributed by atoms with Gasteiger partial charge in [-0.25, -0.2) is 4.79 Å². The van der Waals surface area contributed by atoms with Gasteiger partial charge in [-0.05, 0) is 30.7 Å². The number of rotatable bonds is 6. The van der Waals surface area contributed by atoms with Gasteiger partial charge in [-0.1, -0.05) is 6.07 Å². The average molecular weight is 359 g/mol. The highest BCUT2D eigenvalue weighted by Crippen LogP contribution is 2.21. The number of carboxylic acid groups (broad SMARTS) is 1. The lowest BCUT2D eigenvalue weighted by Crippen LogP contribution is -2.31. The van der Waals surface area contributed by atoms with Crippen molar-refractivity contribution in [1.82, 2.24) is 14.7 Å². The Labute approximate surface area is 150 Å². The first-order valence-electron chi connectivity index (χ1n) is 8.37. The van der Waals surface area contributed by atoms with Crippen LogP contribution in [0.25, 0.3) is 0 Å². The predicted molar refractivity (Wildman–Crippen MR) is 91.9 cm³/mol. The van der Waals surface area contributed by atoms with E-state index < -0.39 is 18.2 Å². The van der Waals surface area contributed by atoms with Gasteiger partial charge in [-0.15, -0.1) is 0 Å². The number of aliphatic hydroxyl groups is 1. The van der Waals surface area contributed by atoms with Gasteiger partial charge in [-0.2, -0.15) is 5.10 Å². The number of aliphatic hydroxyl groups excluding tert-OH is 1. The topological polar surface area (TPSA) is 105 Å². The smallest absolute Gasteiger partial charge is 0.335 e. The number of carboxylic acids is 1. The number of ether oxygens (including phenoxy) is 1. The first-order valence-corrected chi connectivity index (χ1v) is 8.37. The maximum Gasteiger partial charge on any atom is 0.335 e. The lowest BCUT2D eigenvalue weighted by atomic mass is 10.2. The largest absolute Gasteiger partial charge is 0.486 e. The summed E-state index contributed by atoms with van der Waals surface area (Å²) in [4.78, 5) is 25.0. The predicted octanol–water partition coefficient (Wildman–Crippen LogP) is 0.702. The summed E-state index contributed by atoms with van der Waals surface area (Å²) < 4.78 is 7.44. The molecule has 2 heterocycles. The van der Waals surface area contributed by atoms with E-state index in [2.05, 4.69) is 5.10 Å². The molecule has 1 fully saturated rings. The third-order valence-electron chi connectivity index (χ3n) is 4.48. The van der Waals surface area contributed by atoms with E-state index in [-0.39, 0.29) is 24.6 Å². The van der Waals surface area contributed by atoms with Crippen molar-refractivity contribution in [3.05, 3.63) is 47.8 Å². The Kier molecular flexibility index (Phi) is 5.22. The van der Waals surface area contributed by atoms with Gasteiger partial charge in [0, 0.05) is 25.4 Å². The molecule has 3 rings (SSSR count). The standard InChI is InChI=1S/C18H21N3O5/c1-20-13(7-8-19-20)5-6-17(23)21-10-15(22)16(11-21)26-14-4-2-3-12(9-14)18(24)25/h2-4,7-9,15-16,22H,5-6,10-11H2,1H3,(H,24,25)/t15-,16-/m1/s1. The molecular weight excluding hydrogens is 338 g/mol. The summed E-state index contributed by atoms with van der Waals surface area (Å²) in [5.74, 6) is -0.747. The zero-order chi connectivity index (χ0) is 18.7. The van der Waals surface area contributed by atoms with Crippen LogP contribution < -0.4 is 4.74 Å². The van der Waals surface area contributed by atoms with Gasteiger partial charge in [0.05, 0.1) is 18.7 Å². The Morgan fingerprint density at radius 2 is 2.12 bits per heavy atom. The number of aromatic nitrogens is 2. The van der Waals surface area contributed by atoms with Gasteiger partial charge in [0.25, 0.3) is 0 Å². The van der Waals surface area contributed by atoms with Crippen LogP contribution in [-0.4, -0.2) is 62.1 Å². The van der Waals surface area contributed by atoms with Crippen LogP contribution in [0.2, 0.25) is 0 Å². The molecule has 1 aliphatic rings. The normalized spacial score (nSPS) is 19.5. The van der Waals surface area contributed by atoms with Gasteiger partial charge >= 0.3 is 5.97 Å². The van der Waals surface area contributed by atoms with E-state index in [4.69, 9.17) is 9.84 Å². The molecule has 26 heavy (non-hydrogen) atoms. The number of aryl methyl sites for hydroxylation is 2. The zero-order valence-electron chi connectivity index (χ0n) is 14.4. The van der Waals surface area contributed by atoms with Crippen molar-refractivity contribution in [2.75, 3.05) is 13.1 Å². The Balaban J connectivity index is 1.57. The molecule has 0 aliphatic carbocycles. The van der Waals surface area contributed by atoms with E-state index in [0.29, 0.717) is 18.6 Å². The molecule has 1 aliphatic heterocycles. The fourth-order valence-electron chi connectivity index (χ4n) is 2.99. The number of β-amino-alcohol motifs (C(OH)–C–C–N with tert-alkyl or cyclic N) is 1. The van der Waals surface area contributed by atoms with E-state index in [9.17, 15) is 14.7 Å². The minimum absolute atomic E-state index is 0.0596. The average Bonchev–Trinajstić information content (AvgIpc) is 3.19. The van der Waals surface area contributed by atoms with E-state index in [0.717, 1.165) is 5.69 Å². The minimum Gasteiger partial charge on any atom is -0.486 e. The molecular formula is C18H21N3O5. The van der Waals surface area contributed by atoms with Crippen LogP contribution in [0, 0.1) is 0 Å². The van der Waals surface area contributed by atoms with Gasteiger partial charge in [-0.3, -0.25) is 9.48 Å². The van der Waals surface area contributed by atoms with Crippen LogP contribution in [0.15, 0.2) is 36.5 Å². The van der Waals surface area contributed by atoms with Crippen LogP contribution in [0.5, 0.6) is 5.75 Å². The van der Waals surface area contributed by atoms with Crippen LogP contribution >= 0.6 is 0 Å². The fraction of sp³-hybridized carbons (Fsp3) is 0.389. The minimum atomic E-state index is -1.05. The van der Waals surface area contributed by atoms with E-state index >= 15 is 0 Å². The maximum absolute atomic E-state index is 12.4. The monoisotopic (exact) mass is 359 g/mol. The molecule has 2 aromatic rings. The lowest BCUT2D eigenvalue weighted by Gasteiger charge is -2.17. The number of hydrogen-bond acceptors (Lipinski definition) is 5. The van der Waals surface area contributed by atoms with Crippen molar-refractivity contribution in [1.29, 1.82) is 0 Å². The Morgan fingerprint density at radius 1 is 1.31 bits per heavy atom. The van der Waals surface area contributed by atoms with Crippen molar-refractivity contribution < 1.29 is 24.5 Å². The molecule has 0 spiro atoms. The second-order valence-corrected chi connectivity index (χ2v) is 6.30. The summed E-state index contributed by atoms with van der Waals surface area (Å²) in [6, 6.07) is 7.95. The van der Waals surface area contributed by atoms with Crippen molar-refractivity contribution in [2.45, 2.75) is 25.0 Å². The highest BCUT2D eigenvalue weighted by molar-refractivity contribution is 5.88. The first-order chi connectivity index (χ1) is 12.4. The van der Waals surface area contributed by atoms with Crippen LogP contribution in [0.4, 0.5) is 0 Å². The number of carbonyl (C=O) groups is 2.